The third kappa shape index (κ3) is 1.16. The fourth-order valence-corrected chi connectivity index (χ4v) is 1.06. The van der Waals surface area contributed by atoms with Gasteiger partial charge >= 0.3 is 6.01 Å². The summed E-state index contributed by atoms with van der Waals surface area (Å²) < 4.78 is 6.06. The van der Waals surface area contributed by atoms with E-state index in [1.165, 1.54) is 17.7 Å². The van der Waals surface area contributed by atoms with Gasteiger partial charge in [0.2, 0.25) is 0 Å². The molecule has 13 heavy (non-hydrogen) atoms. The predicted molar refractivity (Wildman–Crippen MR) is 44.9 cm³/mol. The molecule has 0 fully saturated rings. The maximum atomic E-state index is 11.3. The van der Waals surface area contributed by atoms with Crippen LogP contribution in [-0.4, -0.2) is 26.7 Å². The Morgan fingerprint density at radius 1 is 1.54 bits per heavy atom. The standard InChI is InChI=1S/C7H8N4O2/c1-4-3-5(12)11-6(8-4)9-7(10-11)13-2/h3H,1-2H3,(H,8,9,10). The van der Waals surface area contributed by atoms with E-state index >= 15 is 0 Å². The molecule has 0 saturated heterocycles. The Labute approximate surface area is 73.2 Å². The van der Waals surface area contributed by atoms with Gasteiger partial charge in [-0.3, -0.25) is 4.79 Å². The number of aromatic nitrogens is 4. The average molecular weight is 180 g/mol. The molecule has 2 heterocycles. The zero-order valence-corrected chi connectivity index (χ0v) is 7.24. The molecule has 0 bridgehead atoms. The summed E-state index contributed by atoms with van der Waals surface area (Å²) in [6.45, 7) is 1.74. The fourth-order valence-electron chi connectivity index (χ4n) is 1.06. The molecule has 0 spiro atoms. The number of fused-ring (bicyclic) bond motifs is 1. The molecule has 6 heteroatoms. The zero-order chi connectivity index (χ0) is 9.42. The highest BCUT2D eigenvalue weighted by Crippen LogP contribution is 2.01. The molecule has 0 amide bonds. The molecule has 0 unspecified atom stereocenters. The van der Waals surface area contributed by atoms with Gasteiger partial charge in [-0.2, -0.15) is 9.50 Å². The average Bonchev–Trinajstić information content (AvgIpc) is 2.47. The van der Waals surface area contributed by atoms with Crippen molar-refractivity contribution in [2.75, 3.05) is 7.11 Å². The lowest BCUT2D eigenvalue weighted by Gasteiger charge is -1.90. The van der Waals surface area contributed by atoms with Crippen molar-refractivity contribution in [2.24, 2.45) is 0 Å². The van der Waals surface area contributed by atoms with E-state index in [0.29, 0.717) is 11.5 Å². The van der Waals surface area contributed by atoms with Crippen molar-refractivity contribution < 1.29 is 4.74 Å². The van der Waals surface area contributed by atoms with Crippen molar-refractivity contribution in [3.05, 3.63) is 22.1 Å². The molecule has 0 radical (unpaired) electrons. The minimum absolute atomic E-state index is 0.196. The molecular formula is C7H8N4O2. The van der Waals surface area contributed by atoms with E-state index in [4.69, 9.17) is 4.74 Å². The van der Waals surface area contributed by atoms with Crippen LogP contribution in [0.1, 0.15) is 5.69 Å². The summed E-state index contributed by atoms with van der Waals surface area (Å²) >= 11 is 0. The van der Waals surface area contributed by atoms with Crippen molar-refractivity contribution in [2.45, 2.75) is 6.92 Å². The van der Waals surface area contributed by atoms with Gasteiger partial charge in [0.15, 0.2) is 0 Å². The molecule has 6 nitrogen and oxygen atoms in total. The lowest BCUT2D eigenvalue weighted by atomic mass is 10.5. The Morgan fingerprint density at radius 3 is 3.00 bits per heavy atom. The summed E-state index contributed by atoms with van der Waals surface area (Å²) in [5.41, 5.74) is 0.442. The molecular weight excluding hydrogens is 172 g/mol. The zero-order valence-electron chi connectivity index (χ0n) is 7.24. The Balaban J connectivity index is 2.83. The highest BCUT2D eigenvalue weighted by Gasteiger charge is 2.05. The predicted octanol–water partition coefficient (Wildman–Crippen LogP) is -0.265. The van der Waals surface area contributed by atoms with Crippen molar-refractivity contribution in [3.8, 4) is 6.01 Å². The van der Waals surface area contributed by atoms with E-state index in [9.17, 15) is 4.79 Å². The second-order valence-corrected chi connectivity index (χ2v) is 2.60. The van der Waals surface area contributed by atoms with Gasteiger partial charge in [0.05, 0.1) is 7.11 Å². The van der Waals surface area contributed by atoms with E-state index in [2.05, 4.69) is 15.1 Å². The fraction of sp³-hybridized carbons (Fsp3) is 0.286. The van der Waals surface area contributed by atoms with Crippen LogP contribution in [0, 0.1) is 6.92 Å². The molecule has 0 atom stereocenters. The largest absolute Gasteiger partial charge is 0.467 e. The van der Waals surface area contributed by atoms with Gasteiger partial charge < -0.3 is 4.74 Å². The van der Waals surface area contributed by atoms with Crippen molar-refractivity contribution in [3.63, 3.8) is 0 Å². The van der Waals surface area contributed by atoms with E-state index in [1.54, 1.807) is 6.92 Å². The SMILES string of the molecule is COc1nc2nc(C)cc(=O)n2[nH]1. The molecule has 0 saturated carbocycles. The maximum Gasteiger partial charge on any atom is 0.312 e. The lowest BCUT2D eigenvalue weighted by Crippen LogP contribution is -2.14. The summed E-state index contributed by atoms with van der Waals surface area (Å²) in [5, 5.41) is 2.65. The number of ether oxygens (including phenoxy) is 1. The van der Waals surface area contributed by atoms with Gasteiger partial charge in [-0.05, 0) is 6.92 Å². The number of hydrogen-bond donors (Lipinski definition) is 1. The topological polar surface area (TPSA) is 72.3 Å². The molecule has 2 aromatic heterocycles. The Kier molecular flexibility index (Phi) is 1.54. The van der Waals surface area contributed by atoms with E-state index in [-0.39, 0.29) is 11.6 Å². The minimum Gasteiger partial charge on any atom is -0.467 e. The lowest BCUT2D eigenvalue weighted by molar-refractivity contribution is 0.380. The number of nitrogens with zero attached hydrogens (tertiary/aromatic N) is 3. The molecule has 0 aliphatic rings. The highest BCUT2D eigenvalue weighted by atomic mass is 16.5. The Morgan fingerprint density at radius 2 is 2.31 bits per heavy atom. The first-order valence-corrected chi connectivity index (χ1v) is 3.71. The molecule has 0 aliphatic carbocycles. The summed E-state index contributed by atoms with van der Waals surface area (Å²) in [5.74, 6) is 0.321. The number of H-pyrrole nitrogens is 1. The van der Waals surface area contributed by atoms with E-state index in [1.807, 2.05) is 0 Å². The van der Waals surface area contributed by atoms with E-state index < -0.39 is 0 Å². The third-order valence-corrected chi connectivity index (χ3v) is 1.63. The molecule has 2 aromatic rings. The number of aromatic amines is 1. The number of nitrogens with one attached hydrogen (secondary N) is 1. The van der Waals surface area contributed by atoms with Crippen LogP contribution in [-0.2, 0) is 0 Å². The number of hydrogen-bond acceptors (Lipinski definition) is 4. The first kappa shape index (κ1) is 7.78. The Bertz CT molecular complexity index is 499. The van der Waals surface area contributed by atoms with Gasteiger partial charge in [0, 0.05) is 11.8 Å². The van der Waals surface area contributed by atoms with Gasteiger partial charge in [0.25, 0.3) is 11.3 Å². The van der Waals surface area contributed by atoms with Crippen LogP contribution in [0.3, 0.4) is 0 Å². The summed E-state index contributed by atoms with van der Waals surface area (Å²) in [4.78, 5) is 19.3. The van der Waals surface area contributed by atoms with Crippen LogP contribution in [0.2, 0.25) is 0 Å². The van der Waals surface area contributed by atoms with Crippen LogP contribution in [0.4, 0.5) is 0 Å². The van der Waals surface area contributed by atoms with Gasteiger partial charge in [-0.1, -0.05) is 0 Å². The monoisotopic (exact) mass is 180 g/mol. The smallest absolute Gasteiger partial charge is 0.312 e. The molecule has 68 valence electrons. The van der Waals surface area contributed by atoms with E-state index in [0.717, 1.165) is 0 Å². The number of aryl methyl sites for hydroxylation is 1. The Hall–Kier alpha value is -1.85. The first-order valence-electron chi connectivity index (χ1n) is 3.71. The second-order valence-electron chi connectivity index (χ2n) is 2.60. The van der Waals surface area contributed by atoms with Crippen LogP contribution < -0.4 is 10.3 Å². The number of methoxy groups -OCH3 is 1. The quantitative estimate of drug-likeness (QED) is 0.656. The van der Waals surface area contributed by atoms with Crippen molar-refractivity contribution >= 4 is 5.78 Å². The van der Waals surface area contributed by atoms with Crippen LogP contribution in [0.5, 0.6) is 6.01 Å². The third-order valence-electron chi connectivity index (χ3n) is 1.63. The summed E-state index contributed by atoms with van der Waals surface area (Å²) in [6.07, 6.45) is 0. The van der Waals surface area contributed by atoms with Gasteiger partial charge in [-0.25, -0.2) is 10.1 Å². The van der Waals surface area contributed by atoms with Crippen molar-refractivity contribution in [1.82, 2.24) is 19.6 Å². The highest BCUT2D eigenvalue weighted by molar-refractivity contribution is 5.28. The summed E-state index contributed by atoms with van der Waals surface area (Å²) in [6, 6.07) is 1.69. The van der Waals surface area contributed by atoms with Crippen molar-refractivity contribution in [1.29, 1.82) is 0 Å². The molecule has 0 aliphatic heterocycles. The molecule has 1 N–H and O–H groups in total. The molecule has 2 rings (SSSR count). The number of rotatable bonds is 1. The van der Waals surface area contributed by atoms with Crippen LogP contribution in [0.25, 0.3) is 5.78 Å². The molecule has 0 aromatic carbocycles. The summed E-state index contributed by atoms with van der Waals surface area (Å²) in [7, 11) is 1.47. The van der Waals surface area contributed by atoms with Crippen LogP contribution in [0.15, 0.2) is 10.9 Å². The van der Waals surface area contributed by atoms with Crippen LogP contribution >= 0.6 is 0 Å². The van der Waals surface area contributed by atoms with Gasteiger partial charge in [-0.15, -0.1) is 0 Å². The minimum atomic E-state index is -0.196. The normalized spacial score (nSPS) is 10.6. The van der Waals surface area contributed by atoms with Gasteiger partial charge in [0.1, 0.15) is 0 Å². The first-order chi connectivity index (χ1) is 6.20. The second kappa shape index (κ2) is 2.58. The maximum absolute atomic E-state index is 11.3.